The smallest absolute Gasteiger partial charge is 0.318 e. The molecule has 16 heavy (non-hydrogen) atoms. The van der Waals surface area contributed by atoms with Gasteiger partial charge in [-0.2, -0.15) is 0 Å². The Hall–Kier alpha value is -1.45. The van der Waals surface area contributed by atoms with Gasteiger partial charge < -0.3 is 10.3 Å². The van der Waals surface area contributed by atoms with E-state index in [4.69, 9.17) is 0 Å². The van der Waals surface area contributed by atoms with Crippen molar-refractivity contribution in [1.29, 1.82) is 0 Å². The lowest BCUT2D eigenvalue weighted by molar-refractivity contribution is 0.577. The molecule has 0 aromatic carbocycles. The zero-order chi connectivity index (χ0) is 12.2. The summed E-state index contributed by atoms with van der Waals surface area (Å²) in [6, 6.07) is 0. The van der Waals surface area contributed by atoms with Crippen LogP contribution >= 0.6 is 0 Å². The molecule has 0 bridgehead atoms. The van der Waals surface area contributed by atoms with Crippen LogP contribution in [0.4, 0.5) is 0 Å². The van der Waals surface area contributed by atoms with E-state index in [-0.39, 0.29) is 6.54 Å². The third-order valence-corrected chi connectivity index (χ3v) is 3.21. The number of hydrogen-bond donors (Lipinski definition) is 4. The third-order valence-electron chi connectivity index (χ3n) is 1.74. The summed E-state index contributed by atoms with van der Waals surface area (Å²) >= 11 is 0. The Morgan fingerprint density at radius 1 is 1.31 bits per heavy atom. The number of aromatic nitrogens is 2. The fourth-order valence-electron chi connectivity index (χ4n) is 0.985. The van der Waals surface area contributed by atoms with E-state index in [1.807, 2.05) is 4.98 Å². The van der Waals surface area contributed by atoms with Crippen LogP contribution in [0.2, 0.25) is 0 Å². The molecule has 1 aromatic heterocycles. The van der Waals surface area contributed by atoms with E-state index in [2.05, 4.69) is 15.0 Å². The quantitative estimate of drug-likeness (QED) is 0.431. The SMILES string of the molecule is CNCCNS(=O)(=O)c1c[nH]c(=O)[nH]c1=O. The van der Waals surface area contributed by atoms with Gasteiger partial charge in [-0.3, -0.25) is 9.78 Å². The number of rotatable bonds is 5. The molecule has 1 heterocycles. The van der Waals surface area contributed by atoms with Gasteiger partial charge in [0.05, 0.1) is 0 Å². The number of H-pyrrole nitrogens is 2. The molecule has 1 rings (SSSR count). The highest BCUT2D eigenvalue weighted by Crippen LogP contribution is 1.96. The fraction of sp³-hybridized carbons (Fsp3) is 0.429. The van der Waals surface area contributed by atoms with Gasteiger partial charge in [0.25, 0.3) is 5.56 Å². The predicted molar refractivity (Wildman–Crippen MR) is 56.8 cm³/mol. The predicted octanol–water partition coefficient (Wildman–Crippen LogP) is -2.44. The molecule has 0 atom stereocenters. The molecule has 0 saturated heterocycles. The highest BCUT2D eigenvalue weighted by molar-refractivity contribution is 7.89. The molecule has 0 radical (unpaired) electrons. The lowest BCUT2D eigenvalue weighted by Crippen LogP contribution is -2.35. The van der Waals surface area contributed by atoms with Gasteiger partial charge in [-0.1, -0.05) is 0 Å². The van der Waals surface area contributed by atoms with E-state index in [0.29, 0.717) is 6.54 Å². The number of nitrogens with one attached hydrogen (secondary N) is 4. The molecule has 0 amide bonds. The number of aromatic amines is 2. The summed E-state index contributed by atoms with van der Waals surface area (Å²) in [6.07, 6.45) is 0.864. The summed E-state index contributed by atoms with van der Waals surface area (Å²) in [4.78, 5) is 25.3. The summed E-state index contributed by atoms with van der Waals surface area (Å²) in [7, 11) is -2.22. The minimum absolute atomic E-state index is 0.150. The maximum Gasteiger partial charge on any atom is 0.325 e. The van der Waals surface area contributed by atoms with Crippen LogP contribution < -0.4 is 21.3 Å². The second kappa shape index (κ2) is 5.05. The van der Waals surface area contributed by atoms with Crippen LogP contribution in [0.25, 0.3) is 0 Å². The van der Waals surface area contributed by atoms with E-state index in [1.165, 1.54) is 0 Å². The standard InChI is InChI=1S/C7H12N4O4S/c1-8-2-3-10-16(14,15)5-4-9-7(13)11-6(5)12/h4,8,10H,2-3H2,1H3,(H2,9,11,12,13). The molecule has 0 saturated carbocycles. The molecule has 0 fully saturated rings. The molecule has 8 nitrogen and oxygen atoms in total. The monoisotopic (exact) mass is 248 g/mol. The van der Waals surface area contributed by atoms with Crippen molar-refractivity contribution in [3.05, 3.63) is 27.0 Å². The van der Waals surface area contributed by atoms with Crippen LogP contribution in [0.3, 0.4) is 0 Å². The summed E-state index contributed by atoms with van der Waals surface area (Å²) in [5.74, 6) is 0. The van der Waals surface area contributed by atoms with Gasteiger partial charge >= 0.3 is 5.69 Å². The molecule has 1 aromatic rings. The van der Waals surface area contributed by atoms with E-state index in [0.717, 1.165) is 6.20 Å². The van der Waals surface area contributed by atoms with Crippen molar-refractivity contribution in [1.82, 2.24) is 20.0 Å². The van der Waals surface area contributed by atoms with Gasteiger partial charge in [0.1, 0.15) is 0 Å². The Morgan fingerprint density at radius 2 is 2.00 bits per heavy atom. The Balaban J connectivity index is 2.99. The van der Waals surface area contributed by atoms with Gasteiger partial charge in [-0.25, -0.2) is 17.9 Å². The van der Waals surface area contributed by atoms with Gasteiger partial charge in [0, 0.05) is 19.3 Å². The lowest BCUT2D eigenvalue weighted by atomic mass is 10.7. The van der Waals surface area contributed by atoms with Crippen LogP contribution in [0, 0.1) is 0 Å². The molecule has 0 aliphatic heterocycles. The number of likely N-dealkylation sites (N-methyl/N-ethyl adjacent to an activating group) is 1. The summed E-state index contributed by atoms with van der Waals surface area (Å²) in [6.45, 7) is 0.581. The second-order valence-corrected chi connectivity index (χ2v) is 4.67. The first-order chi connectivity index (χ1) is 7.47. The van der Waals surface area contributed by atoms with Gasteiger partial charge in [0.15, 0.2) is 4.90 Å². The molecular formula is C7H12N4O4S. The van der Waals surface area contributed by atoms with E-state index < -0.39 is 26.2 Å². The van der Waals surface area contributed by atoms with E-state index in [1.54, 1.807) is 7.05 Å². The van der Waals surface area contributed by atoms with Crippen molar-refractivity contribution in [3.63, 3.8) is 0 Å². The minimum Gasteiger partial charge on any atom is -0.318 e. The molecule has 90 valence electrons. The zero-order valence-corrected chi connectivity index (χ0v) is 9.35. The van der Waals surface area contributed by atoms with Crippen LogP contribution in [0.1, 0.15) is 0 Å². The molecule has 9 heteroatoms. The van der Waals surface area contributed by atoms with E-state index in [9.17, 15) is 18.0 Å². The summed E-state index contributed by atoms with van der Waals surface area (Å²) in [5, 5.41) is 2.74. The first-order valence-corrected chi connectivity index (χ1v) is 5.92. The van der Waals surface area contributed by atoms with Crippen molar-refractivity contribution >= 4 is 10.0 Å². The normalized spacial score (nSPS) is 11.6. The molecular weight excluding hydrogens is 236 g/mol. The van der Waals surface area contributed by atoms with Gasteiger partial charge in [-0.05, 0) is 7.05 Å². The zero-order valence-electron chi connectivity index (χ0n) is 8.53. The second-order valence-electron chi connectivity index (χ2n) is 2.94. The first kappa shape index (κ1) is 12.6. The van der Waals surface area contributed by atoms with Crippen LogP contribution in [-0.4, -0.2) is 38.5 Å². The first-order valence-electron chi connectivity index (χ1n) is 4.43. The maximum atomic E-state index is 11.6. The third kappa shape index (κ3) is 3.02. The van der Waals surface area contributed by atoms with Crippen molar-refractivity contribution in [2.75, 3.05) is 20.1 Å². The van der Waals surface area contributed by atoms with Gasteiger partial charge in [0.2, 0.25) is 10.0 Å². The van der Waals surface area contributed by atoms with Crippen LogP contribution in [-0.2, 0) is 10.0 Å². The molecule has 4 N–H and O–H groups in total. The van der Waals surface area contributed by atoms with Crippen molar-refractivity contribution in [2.24, 2.45) is 0 Å². The van der Waals surface area contributed by atoms with Crippen molar-refractivity contribution in [2.45, 2.75) is 4.90 Å². The van der Waals surface area contributed by atoms with Crippen LogP contribution in [0.15, 0.2) is 20.7 Å². The maximum absolute atomic E-state index is 11.6. The topological polar surface area (TPSA) is 124 Å². The van der Waals surface area contributed by atoms with Crippen molar-refractivity contribution in [3.8, 4) is 0 Å². The summed E-state index contributed by atoms with van der Waals surface area (Å²) in [5.41, 5.74) is -1.69. The molecule has 0 unspecified atom stereocenters. The Kier molecular flexibility index (Phi) is 3.99. The minimum atomic E-state index is -3.88. The molecule has 0 aliphatic rings. The molecule has 0 spiro atoms. The average Bonchev–Trinajstić information content (AvgIpc) is 2.17. The number of hydrogen-bond acceptors (Lipinski definition) is 5. The van der Waals surface area contributed by atoms with E-state index >= 15 is 0 Å². The van der Waals surface area contributed by atoms with Crippen molar-refractivity contribution < 1.29 is 8.42 Å². The largest absolute Gasteiger partial charge is 0.325 e. The van der Waals surface area contributed by atoms with Crippen LogP contribution in [0.5, 0.6) is 0 Å². The lowest BCUT2D eigenvalue weighted by Gasteiger charge is -2.04. The molecule has 0 aliphatic carbocycles. The number of sulfonamides is 1. The highest BCUT2D eigenvalue weighted by Gasteiger charge is 2.17. The Labute approximate surface area is 91.1 Å². The highest BCUT2D eigenvalue weighted by atomic mass is 32.2. The average molecular weight is 248 g/mol. The Morgan fingerprint density at radius 3 is 2.56 bits per heavy atom. The van der Waals surface area contributed by atoms with Gasteiger partial charge in [-0.15, -0.1) is 0 Å². The summed E-state index contributed by atoms with van der Waals surface area (Å²) < 4.78 is 25.3. The Bertz CT molecular complexity index is 558. The fourth-order valence-corrected chi connectivity index (χ4v) is 2.02.